The van der Waals surface area contributed by atoms with Gasteiger partial charge >= 0.3 is 5.97 Å². The molecule has 8 heteroatoms. The number of rotatable bonds is 5. The second-order valence-electron chi connectivity index (χ2n) is 6.50. The largest absolute Gasteiger partial charge is 0.459 e. The van der Waals surface area contributed by atoms with Crippen molar-refractivity contribution >= 4 is 39.8 Å². The van der Waals surface area contributed by atoms with E-state index in [4.69, 9.17) is 16.3 Å². The van der Waals surface area contributed by atoms with E-state index in [1.807, 2.05) is 20.8 Å². The number of carbonyl (C=O) groups is 2. The van der Waals surface area contributed by atoms with Crippen LogP contribution in [0.15, 0.2) is 6.20 Å². The fourth-order valence-corrected chi connectivity index (χ4v) is 4.53. The number of fused-ring (bicyclic) bond motifs is 1. The molecule has 0 aromatic carbocycles. The van der Waals surface area contributed by atoms with Crippen LogP contribution in [0.5, 0.6) is 0 Å². The number of anilines is 1. The number of esters is 1. The minimum atomic E-state index is -0.417. The minimum absolute atomic E-state index is 0.156. The molecule has 1 N–H and O–H groups in total. The van der Waals surface area contributed by atoms with Gasteiger partial charge in [-0.1, -0.05) is 11.6 Å². The smallest absolute Gasteiger partial charge is 0.341 e. The Labute approximate surface area is 161 Å². The lowest BCUT2D eigenvalue weighted by Crippen LogP contribution is -2.18. The zero-order valence-electron chi connectivity index (χ0n) is 15.1. The first-order valence-corrected chi connectivity index (χ1v) is 10.00. The van der Waals surface area contributed by atoms with Crippen molar-refractivity contribution in [2.24, 2.45) is 0 Å². The molecule has 1 amide bonds. The molecule has 0 bridgehead atoms. The van der Waals surface area contributed by atoms with Crippen LogP contribution in [0.3, 0.4) is 0 Å². The van der Waals surface area contributed by atoms with Crippen LogP contribution in [-0.4, -0.2) is 27.8 Å². The average Bonchev–Trinajstić information content (AvgIpc) is 3.13. The highest BCUT2D eigenvalue weighted by molar-refractivity contribution is 7.17. The number of halogens is 1. The molecule has 1 aliphatic rings. The third-order valence-electron chi connectivity index (χ3n) is 4.20. The summed E-state index contributed by atoms with van der Waals surface area (Å²) >= 11 is 7.57. The first-order valence-electron chi connectivity index (χ1n) is 8.80. The van der Waals surface area contributed by atoms with Crippen molar-refractivity contribution in [1.82, 2.24) is 9.78 Å². The fraction of sp³-hybridized carbons (Fsp3) is 0.500. The van der Waals surface area contributed by atoms with E-state index < -0.39 is 5.91 Å². The number of thiophene rings is 1. The van der Waals surface area contributed by atoms with E-state index in [-0.39, 0.29) is 22.8 Å². The Balaban J connectivity index is 1.93. The third kappa shape index (κ3) is 3.78. The van der Waals surface area contributed by atoms with Gasteiger partial charge in [-0.15, -0.1) is 11.3 Å². The number of amides is 1. The van der Waals surface area contributed by atoms with Crippen LogP contribution in [0, 0.1) is 0 Å². The van der Waals surface area contributed by atoms with Gasteiger partial charge in [-0.25, -0.2) is 4.79 Å². The lowest BCUT2D eigenvalue weighted by molar-refractivity contribution is 0.0378. The van der Waals surface area contributed by atoms with Gasteiger partial charge in [-0.2, -0.15) is 5.10 Å². The third-order valence-corrected chi connectivity index (χ3v) is 5.69. The van der Waals surface area contributed by atoms with E-state index in [2.05, 4.69) is 10.4 Å². The van der Waals surface area contributed by atoms with Crippen molar-refractivity contribution in [3.63, 3.8) is 0 Å². The molecule has 26 heavy (non-hydrogen) atoms. The average molecular weight is 396 g/mol. The number of hydrogen-bond acceptors (Lipinski definition) is 5. The topological polar surface area (TPSA) is 73.2 Å². The molecule has 1 aliphatic carbocycles. The maximum Gasteiger partial charge on any atom is 0.341 e. The van der Waals surface area contributed by atoms with Crippen molar-refractivity contribution in [3.05, 3.63) is 32.9 Å². The van der Waals surface area contributed by atoms with Gasteiger partial charge in [-0.05, 0) is 52.0 Å². The molecule has 140 valence electrons. The SMILES string of the molecule is CCn1cc(Cl)c(C(=O)Nc2sc3c(c2C(=O)OC(C)C)CCCC3)n1. The first-order chi connectivity index (χ1) is 12.4. The van der Waals surface area contributed by atoms with Gasteiger partial charge < -0.3 is 10.1 Å². The van der Waals surface area contributed by atoms with Crippen LogP contribution >= 0.6 is 22.9 Å². The van der Waals surface area contributed by atoms with Gasteiger partial charge in [0.1, 0.15) is 5.00 Å². The highest BCUT2D eigenvalue weighted by Gasteiger charge is 2.28. The quantitative estimate of drug-likeness (QED) is 0.765. The summed E-state index contributed by atoms with van der Waals surface area (Å²) in [4.78, 5) is 26.4. The molecule has 0 fully saturated rings. The van der Waals surface area contributed by atoms with Crippen LogP contribution in [-0.2, 0) is 24.1 Å². The Kier molecular flexibility index (Phi) is 5.67. The van der Waals surface area contributed by atoms with Gasteiger partial charge in [0.15, 0.2) is 5.69 Å². The Morgan fingerprint density at radius 1 is 1.38 bits per heavy atom. The monoisotopic (exact) mass is 395 g/mol. The second-order valence-corrected chi connectivity index (χ2v) is 8.02. The maximum atomic E-state index is 12.7. The fourth-order valence-electron chi connectivity index (χ4n) is 3.02. The summed E-state index contributed by atoms with van der Waals surface area (Å²) in [6.07, 6.45) is 5.26. The molecule has 0 unspecified atom stereocenters. The molecule has 6 nitrogen and oxygen atoms in total. The lowest BCUT2D eigenvalue weighted by atomic mass is 9.95. The van der Waals surface area contributed by atoms with Crippen molar-refractivity contribution in [2.75, 3.05) is 5.32 Å². The van der Waals surface area contributed by atoms with Crippen molar-refractivity contribution < 1.29 is 14.3 Å². The van der Waals surface area contributed by atoms with E-state index >= 15 is 0 Å². The number of aryl methyl sites for hydroxylation is 2. The van der Waals surface area contributed by atoms with Crippen LogP contribution < -0.4 is 5.32 Å². The zero-order chi connectivity index (χ0) is 18.8. The molecule has 0 saturated heterocycles. The van der Waals surface area contributed by atoms with E-state index in [0.29, 0.717) is 17.1 Å². The van der Waals surface area contributed by atoms with Crippen LogP contribution in [0.25, 0.3) is 0 Å². The normalized spacial score (nSPS) is 13.6. The van der Waals surface area contributed by atoms with Gasteiger partial charge in [0.2, 0.25) is 0 Å². The van der Waals surface area contributed by atoms with Gasteiger partial charge in [0.05, 0.1) is 16.7 Å². The summed E-state index contributed by atoms with van der Waals surface area (Å²) in [5, 5.41) is 7.84. The second kappa shape index (κ2) is 7.80. The first kappa shape index (κ1) is 18.9. The summed E-state index contributed by atoms with van der Waals surface area (Å²) in [5.41, 5.74) is 1.65. The van der Waals surface area contributed by atoms with E-state index in [9.17, 15) is 9.59 Å². The van der Waals surface area contributed by atoms with Crippen molar-refractivity contribution in [2.45, 2.75) is 59.1 Å². The highest BCUT2D eigenvalue weighted by atomic mass is 35.5. The van der Waals surface area contributed by atoms with Crippen LogP contribution in [0.1, 0.15) is 64.9 Å². The molecule has 2 aromatic heterocycles. The summed E-state index contributed by atoms with van der Waals surface area (Å²) in [6.45, 7) is 6.16. The Morgan fingerprint density at radius 2 is 2.12 bits per heavy atom. The number of carbonyl (C=O) groups excluding carboxylic acids is 2. The minimum Gasteiger partial charge on any atom is -0.459 e. The van der Waals surface area contributed by atoms with Crippen molar-refractivity contribution in [1.29, 1.82) is 0 Å². The lowest BCUT2D eigenvalue weighted by Gasteiger charge is -2.14. The molecule has 2 heterocycles. The molecule has 0 atom stereocenters. The summed E-state index contributed by atoms with van der Waals surface area (Å²) in [6, 6.07) is 0. The number of nitrogens with zero attached hydrogens (tertiary/aromatic N) is 2. The summed E-state index contributed by atoms with van der Waals surface area (Å²) in [7, 11) is 0. The Morgan fingerprint density at radius 3 is 2.77 bits per heavy atom. The molecular weight excluding hydrogens is 374 g/mol. The van der Waals surface area contributed by atoms with Crippen LogP contribution in [0.2, 0.25) is 5.02 Å². The van der Waals surface area contributed by atoms with Crippen molar-refractivity contribution in [3.8, 4) is 0 Å². The Hall–Kier alpha value is -1.86. The molecule has 0 radical (unpaired) electrons. The predicted molar refractivity (Wildman–Crippen MR) is 102 cm³/mol. The van der Waals surface area contributed by atoms with E-state index in [1.165, 1.54) is 11.3 Å². The van der Waals surface area contributed by atoms with E-state index in [0.717, 1.165) is 36.1 Å². The molecule has 2 aromatic rings. The molecule has 0 aliphatic heterocycles. The number of nitrogens with one attached hydrogen (secondary N) is 1. The van der Waals surface area contributed by atoms with E-state index in [1.54, 1.807) is 10.9 Å². The summed E-state index contributed by atoms with van der Waals surface area (Å²) < 4.78 is 7.01. The van der Waals surface area contributed by atoms with Crippen LogP contribution in [0.4, 0.5) is 5.00 Å². The molecular formula is C18H22ClN3O3S. The summed E-state index contributed by atoms with van der Waals surface area (Å²) in [5.74, 6) is -0.806. The predicted octanol–water partition coefficient (Wildman–Crippen LogP) is 4.31. The van der Waals surface area contributed by atoms with Gasteiger partial charge in [-0.3, -0.25) is 9.48 Å². The maximum absolute atomic E-state index is 12.7. The molecule has 3 rings (SSSR count). The Bertz CT molecular complexity index is 841. The number of hydrogen-bond donors (Lipinski definition) is 1. The van der Waals surface area contributed by atoms with Gasteiger partial charge in [0, 0.05) is 17.6 Å². The number of ether oxygens (including phenoxy) is 1. The standard InChI is InChI=1S/C18H22ClN3O3S/c1-4-22-9-12(19)15(21-22)16(23)20-17-14(18(24)25-10(2)3)11-7-5-6-8-13(11)26-17/h9-10H,4-8H2,1-3H3,(H,20,23). The van der Waals surface area contributed by atoms with Gasteiger partial charge in [0.25, 0.3) is 5.91 Å². The number of aromatic nitrogens is 2. The zero-order valence-corrected chi connectivity index (χ0v) is 16.7. The molecule has 0 spiro atoms. The molecule has 0 saturated carbocycles. The highest BCUT2D eigenvalue weighted by Crippen LogP contribution is 2.39.